The topological polar surface area (TPSA) is 67.2 Å². The number of ether oxygens (including phenoxy) is 1. The van der Waals surface area contributed by atoms with Crippen LogP contribution in [0, 0.1) is 16.7 Å². The molecule has 0 aliphatic heterocycles. The fourth-order valence-corrected chi connectivity index (χ4v) is 1.51. The van der Waals surface area contributed by atoms with Crippen LogP contribution in [0.15, 0.2) is 0 Å². The fraction of sp³-hybridized carbons (Fsp3) is 0.667. The quantitative estimate of drug-likeness (QED) is 0.561. The van der Waals surface area contributed by atoms with Gasteiger partial charge in [-0.1, -0.05) is 0 Å². The number of hydrogen-bond donors (Lipinski definition) is 0. The van der Waals surface area contributed by atoms with Crippen LogP contribution >= 0.6 is 0 Å². The molecule has 1 aliphatic carbocycles. The Kier molecular flexibility index (Phi) is 2.66. The van der Waals surface area contributed by atoms with Crippen molar-refractivity contribution in [3.8, 4) is 6.07 Å². The Morgan fingerprint density at radius 1 is 1.54 bits per heavy atom. The van der Waals surface area contributed by atoms with Gasteiger partial charge in [-0.2, -0.15) is 5.26 Å². The monoisotopic (exact) mass is 181 g/mol. The SMILES string of the molecule is COC(=O)C1(C#N)CCC(=O)CC1. The highest BCUT2D eigenvalue weighted by molar-refractivity contribution is 5.86. The summed E-state index contributed by atoms with van der Waals surface area (Å²) in [4.78, 5) is 22.2. The molecule has 0 bridgehead atoms. The lowest BCUT2D eigenvalue weighted by Crippen LogP contribution is -2.35. The highest BCUT2D eigenvalue weighted by atomic mass is 16.5. The van der Waals surface area contributed by atoms with Gasteiger partial charge < -0.3 is 4.74 Å². The summed E-state index contributed by atoms with van der Waals surface area (Å²) in [5, 5.41) is 8.87. The van der Waals surface area contributed by atoms with Crippen LogP contribution in [-0.4, -0.2) is 18.9 Å². The molecule has 0 radical (unpaired) electrons. The van der Waals surface area contributed by atoms with Crippen LogP contribution in [0.5, 0.6) is 0 Å². The van der Waals surface area contributed by atoms with Gasteiger partial charge in [0.15, 0.2) is 5.41 Å². The molecule has 0 aromatic rings. The summed E-state index contributed by atoms with van der Waals surface area (Å²) in [6.07, 6.45) is 1.22. The van der Waals surface area contributed by atoms with Crippen molar-refractivity contribution in [1.82, 2.24) is 0 Å². The average molecular weight is 181 g/mol. The van der Waals surface area contributed by atoms with Crippen molar-refractivity contribution in [3.63, 3.8) is 0 Å². The maximum Gasteiger partial charge on any atom is 0.326 e. The molecule has 0 heterocycles. The number of carbonyl (C=O) groups is 2. The van der Waals surface area contributed by atoms with Gasteiger partial charge in [-0.25, -0.2) is 0 Å². The third-order valence-corrected chi connectivity index (χ3v) is 2.45. The highest BCUT2D eigenvalue weighted by Crippen LogP contribution is 2.35. The van der Waals surface area contributed by atoms with Crippen molar-refractivity contribution in [2.75, 3.05) is 7.11 Å². The summed E-state index contributed by atoms with van der Waals surface area (Å²) in [7, 11) is 1.26. The van der Waals surface area contributed by atoms with Gasteiger partial charge in [0.1, 0.15) is 5.78 Å². The second-order valence-electron chi connectivity index (χ2n) is 3.22. The Labute approximate surface area is 76.5 Å². The van der Waals surface area contributed by atoms with E-state index in [1.54, 1.807) is 0 Å². The van der Waals surface area contributed by atoms with Gasteiger partial charge in [0, 0.05) is 12.8 Å². The molecule has 0 spiro atoms. The number of esters is 1. The van der Waals surface area contributed by atoms with Crippen LogP contribution in [-0.2, 0) is 14.3 Å². The molecule has 0 atom stereocenters. The predicted molar refractivity (Wildman–Crippen MR) is 43.5 cm³/mol. The van der Waals surface area contributed by atoms with Crippen LogP contribution in [0.3, 0.4) is 0 Å². The van der Waals surface area contributed by atoms with E-state index in [2.05, 4.69) is 4.74 Å². The van der Waals surface area contributed by atoms with Crippen LogP contribution < -0.4 is 0 Å². The lowest BCUT2D eigenvalue weighted by molar-refractivity contribution is -0.151. The van der Waals surface area contributed by atoms with Crippen LogP contribution in [0.4, 0.5) is 0 Å². The van der Waals surface area contributed by atoms with Crippen molar-refractivity contribution in [2.24, 2.45) is 5.41 Å². The minimum atomic E-state index is -1.07. The Balaban J connectivity index is 2.79. The van der Waals surface area contributed by atoms with Crippen molar-refractivity contribution in [3.05, 3.63) is 0 Å². The summed E-state index contributed by atoms with van der Waals surface area (Å²) >= 11 is 0. The van der Waals surface area contributed by atoms with E-state index in [-0.39, 0.29) is 5.78 Å². The maximum absolute atomic E-state index is 11.3. The minimum absolute atomic E-state index is 0.120. The number of nitriles is 1. The van der Waals surface area contributed by atoms with Crippen molar-refractivity contribution in [1.29, 1.82) is 5.26 Å². The maximum atomic E-state index is 11.3. The molecule has 4 nitrogen and oxygen atoms in total. The summed E-state index contributed by atoms with van der Waals surface area (Å²) < 4.78 is 4.55. The molecule has 13 heavy (non-hydrogen) atoms. The first-order chi connectivity index (χ1) is 6.14. The first kappa shape index (κ1) is 9.72. The first-order valence-electron chi connectivity index (χ1n) is 4.16. The van der Waals surface area contributed by atoms with Crippen molar-refractivity contribution in [2.45, 2.75) is 25.7 Å². The third kappa shape index (κ3) is 1.69. The molecule has 1 fully saturated rings. The lowest BCUT2D eigenvalue weighted by atomic mass is 9.75. The number of carbonyl (C=O) groups excluding carboxylic acids is 2. The predicted octanol–water partition coefficient (Wildman–Crippen LogP) is 0.812. The Bertz CT molecular complexity index is 267. The van der Waals surface area contributed by atoms with E-state index in [1.807, 2.05) is 6.07 Å². The van der Waals surface area contributed by atoms with Gasteiger partial charge in [0.2, 0.25) is 0 Å². The standard InChI is InChI=1S/C9H11NO3/c1-13-8(12)9(6-10)4-2-7(11)3-5-9/h2-5H2,1H3. The van der Waals surface area contributed by atoms with E-state index < -0.39 is 11.4 Å². The van der Waals surface area contributed by atoms with E-state index in [1.165, 1.54) is 7.11 Å². The molecule has 4 heteroatoms. The van der Waals surface area contributed by atoms with Crippen LogP contribution in [0.25, 0.3) is 0 Å². The molecule has 0 N–H and O–H groups in total. The van der Waals surface area contributed by atoms with E-state index in [0.717, 1.165) is 0 Å². The molecule has 0 saturated heterocycles. The molecule has 0 aromatic carbocycles. The first-order valence-corrected chi connectivity index (χ1v) is 4.16. The number of Topliss-reactive ketones (excluding diaryl/α,β-unsaturated/α-hetero) is 1. The normalized spacial score (nSPS) is 20.5. The summed E-state index contributed by atoms with van der Waals surface area (Å²) in [6.45, 7) is 0. The highest BCUT2D eigenvalue weighted by Gasteiger charge is 2.42. The largest absolute Gasteiger partial charge is 0.468 e. The zero-order valence-electron chi connectivity index (χ0n) is 7.50. The van der Waals surface area contributed by atoms with Gasteiger partial charge in [-0.05, 0) is 12.8 Å². The van der Waals surface area contributed by atoms with Crippen LogP contribution in [0.1, 0.15) is 25.7 Å². The van der Waals surface area contributed by atoms with E-state index in [0.29, 0.717) is 25.7 Å². The number of ketones is 1. The van der Waals surface area contributed by atoms with Crippen molar-refractivity contribution < 1.29 is 14.3 Å². The summed E-state index contributed by atoms with van der Waals surface area (Å²) in [6, 6.07) is 1.96. The smallest absolute Gasteiger partial charge is 0.326 e. The Morgan fingerprint density at radius 3 is 2.46 bits per heavy atom. The molecular formula is C9H11NO3. The van der Waals surface area contributed by atoms with E-state index in [9.17, 15) is 9.59 Å². The molecule has 0 amide bonds. The Morgan fingerprint density at radius 2 is 2.08 bits per heavy atom. The van der Waals surface area contributed by atoms with Gasteiger partial charge in [0.25, 0.3) is 0 Å². The lowest BCUT2D eigenvalue weighted by Gasteiger charge is -2.26. The Hall–Kier alpha value is -1.37. The van der Waals surface area contributed by atoms with Crippen molar-refractivity contribution >= 4 is 11.8 Å². The van der Waals surface area contributed by atoms with Gasteiger partial charge in [0.05, 0.1) is 13.2 Å². The molecule has 1 saturated carbocycles. The fourth-order valence-electron chi connectivity index (χ4n) is 1.51. The minimum Gasteiger partial charge on any atom is -0.468 e. The molecule has 1 aliphatic rings. The van der Waals surface area contributed by atoms with Gasteiger partial charge >= 0.3 is 5.97 Å². The second-order valence-corrected chi connectivity index (χ2v) is 3.22. The average Bonchev–Trinajstić information content (AvgIpc) is 2.18. The van der Waals surface area contributed by atoms with E-state index in [4.69, 9.17) is 5.26 Å². The number of methoxy groups -OCH3 is 1. The number of hydrogen-bond acceptors (Lipinski definition) is 4. The zero-order valence-corrected chi connectivity index (χ0v) is 7.50. The second kappa shape index (κ2) is 3.56. The van der Waals surface area contributed by atoms with E-state index >= 15 is 0 Å². The molecular weight excluding hydrogens is 170 g/mol. The molecule has 70 valence electrons. The van der Waals surface area contributed by atoms with Gasteiger partial charge in [-0.3, -0.25) is 9.59 Å². The zero-order chi connectivity index (χ0) is 9.90. The number of nitrogens with zero attached hydrogens (tertiary/aromatic N) is 1. The molecule has 0 unspecified atom stereocenters. The molecule has 1 rings (SSSR count). The van der Waals surface area contributed by atoms with Gasteiger partial charge in [-0.15, -0.1) is 0 Å². The summed E-state index contributed by atoms with van der Waals surface area (Å²) in [5.41, 5.74) is -1.07. The number of rotatable bonds is 1. The van der Waals surface area contributed by atoms with Crippen LogP contribution in [0.2, 0.25) is 0 Å². The molecule has 0 aromatic heterocycles. The summed E-state index contributed by atoms with van der Waals surface area (Å²) in [5.74, 6) is -0.391. The third-order valence-electron chi connectivity index (χ3n) is 2.45.